The van der Waals surface area contributed by atoms with Crippen LogP contribution in [0.15, 0.2) is 48.5 Å². The van der Waals surface area contributed by atoms with E-state index in [0.717, 1.165) is 41.8 Å². The summed E-state index contributed by atoms with van der Waals surface area (Å²) in [6, 6.07) is 15.6. The topological polar surface area (TPSA) is 46.9 Å². The summed E-state index contributed by atoms with van der Waals surface area (Å²) < 4.78 is 2.24. The fourth-order valence-corrected chi connectivity index (χ4v) is 3.03. The van der Waals surface area contributed by atoms with Crippen LogP contribution in [-0.2, 0) is 6.54 Å². The number of benzene rings is 2. The number of aryl methyl sites for hydroxylation is 2. The van der Waals surface area contributed by atoms with Gasteiger partial charge in [0.2, 0.25) is 0 Å². The molecule has 0 aliphatic heterocycles. The van der Waals surface area contributed by atoms with Crippen LogP contribution in [0.4, 0.5) is 0 Å². The number of nitrogens with zero attached hydrogens (tertiary/aromatic N) is 2. The van der Waals surface area contributed by atoms with Crippen LogP contribution in [0.3, 0.4) is 0 Å². The summed E-state index contributed by atoms with van der Waals surface area (Å²) in [6.07, 6.45) is 2.21. The maximum atomic E-state index is 12.5. The Morgan fingerprint density at radius 2 is 1.88 bits per heavy atom. The van der Waals surface area contributed by atoms with Crippen molar-refractivity contribution in [3.63, 3.8) is 0 Å². The molecular weight excluding hydrogens is 310 g/mol. The molecule has 0 radical (unpaired) electrons. The van der Waals surface area contributed by atoms with Crippen molar-refractivity contribution in [1.29, 1.82) is 0 Å². The number of para-hydroxylation sites is 2. The van der Waals surface area contributed by atoms with Crippen molar-refractivity contribution in [3.05, 3.63) is 65.5 Å². The number of carbonyl (C=O) groups is 1. The Bertz CT molecular complexity index is 864. The molecule has 0 aliphatic rings. The molecule has 4 heteroatoms. The van der Waals surface area contributed by atoms with Crippen LogP contribution in [0.2, 0.25) is 0 Å². The van der Waals surface area contributed by atoms with Crippen LogP contribution in [0.5, 0.6) is 0 Å². The molecule has 1 heterocycles. The Hall–Kier alpha value is -2.62. The van der Waals surface area contributed by atoms with Crippen LogP contribution < -0.4 is 5.32 Å². The normalized spacial score (nSPS) is 12.3. The monoisotopic (exact) mass is 335 g/mol. The molecule has 0 fully saturated rings. The number of carbonyl (C=O) groups excluding carboxylic acids is 1. The molecule has 130 valence electrons. The van der Waals surface area contributed by atoms with Gasteiger partial charge in [0, 0.05) is 12.1 Å². The molecule has 0 aliphatic carbocycles. The van der Waals surface area contributed by atoms with E-state index in [1.807, 2.05) is 56.3 Å². The Balaban J connectivity index is 1.86. The van der Waals surface area contributed by atoms with E-state index in [9.17, 15) is 4.79 Å². The van der Waals surface area contributed by atoms with Crippen LogP contribution in [0.1, 0.15) is 54.5 Å². The van der Waals surface area contributed by atoms with Crippen LogP contribution >= 0.6 is 0 Å². The zero-order valence-electron chi connectivity index (χ0n) is 15.1. The molecule has 1 unspecified atom stereocenters. The van der Waals surface area contributed by atoms with Crippen molar-refractivity contribution in [2.24, 2.45) is 0 Å². The highest BCUT2D eigenvalue weighted by Crippen LogP contribution is 2.22. The van der Waals surface area contributed by atoms with E-state index in [1.165, 1.54) is 0 Å². The number of hydrogen-bond donors (Lipinski definition) is 1. The van der Waals surface area contributed by atoms with Gasteiger partial charge in [-0.1, -0.05) is 43.2 Å². The van der Waals surface area contributed by atoms with E-state index in [2.05, 4.69) is 22.9 Å². The van der Waals surface area contributed by atoms with Crippen LogP contribution in [-0.4, -0.2) is 15.5 Å². The summed E-state index contributed by atoms with van der Waals surface area (Å²) in [7, 11) is 0. The lowest BCUT2D eigenvalue weighted by Crippen LogP contribution is -2.28. The van der Waals surface area contributed by atoms with Gasteiger partial charge < -0.3 is 9.88 Å². The minimum absolute atomic E-state index is 0.0680. The quantitative estimate of drug-likeness (QED) is 0.713. The summed E-state index contributed by atoms with van der Waals surface area (Å²) in [6.45, 7) is 7.11. The minimum Gasteiger partial charge on any atom is -0.342 e. The van der Waals surface area contributed by atoms with Gasteiger partial charge in [0.1, 0.15) is 5.82 Å². The van der Waals surface area contributed by atoms with E-state index in [4.69, 9.17) is 4.98 Å². The molecule has 25 heavy (non-hydrogen) atoms. The average molecular weight is 335 g/mol. The van der Waals surface area contributed by atoms with Gasteiger partial charge in [-0.05, 0) is 44.5 Å². The molecule has 0 saturated carbocycles. The van der Waals surface area contributed by atoms with E-state index >= 15 is 0 Å². The first-order chi connectivity index (χ1) is 12.1. The number of imidazole rings is 1. The van der Waals surface area contributed by atoms with Gasteiger partial charge in [-0.15, -0.1) is 0 Å². The first kappa shape index (κ1) is 17.2. The zero-order valence-corrected chi connectivity index (χ0v) is 15.1. The standard InChI is InChI=1S/C21H25N3O/c1-4-5-14-24-19-9-7-6-8-18(19)23-20(24)16(3)22-21(25)17-12-10-15(2)11-13-17/h6-13,16H,4-5,14H2,1-3H3,(H,22,25). The van der Waals surface area contributed by atoms with Gasteiger partial charge in [0.15, 0.2) is 0 Å². The Morgan fingerprint density at radius 3 is 2.60 bits per heavy atom. The maximum Gasteiger partial charge on any atom is 0.251 e. The van der Waals surface area contributed by atoms with Crippen molar-refractivity contribution < 1.29 is 4.79 Å². The second kappa shape index (κ2) is 7.51. The molecule has 1 amide bonds. The molecular formula is C21H25N3O. The van der Waals surface area contributed by atoms with Gasteiger partial charge in [-0.25, -0.2) is 4.98 Å². The molecule has 2 aromatic carbocycles. The largest absolute Gasteiger partial charge is 0.342 e. The number of rotatable bonds is 6. The Labute approximate surface area is 148 Å². The third-order valence-corrected chi connectivity index (χ3v) is 4.47. The maximum absolute atomic E-state index is 12.5. The third kappa shape index (κ3) is 3.73. The second-order valence-electron chi connectivity index (χ2n) is 6.53. The lowest BCUT2D eigenvalue weighted by atomic mass is 10.1. The predicted molar refractivity (Wildman–Crippen MR) is 102 cm³/mol. The highest BCUT2D eigenvalue weighted by atomic mass is 16.1. The molecule has 1 atom stereocenters. The number of hydrogen-bond acceptors (Lipinski definition) is 2. The number of aromatic nitrogens is 2. The smallest absolute Gasteiger partial charge is 0.251 e. The van der Waals surface area contributed by atoms with Crippen molar-refractivity contribution in [2.45, 2.75) is 46.2 Å². The fraction of sp³-hybridized carbons (Fsp3) is 0.333. The summed E-state index contributed by atoms with van der Waals surface area (Å²) in [5, 5.41) is 3.09. The van der Waals surface area contributed by atoms with Crippen molar-refractivity contribution >= 4 is 16.9 Å². The average Bonchev–Trinajstić information content (AvgIpc) is 2.99. The molecule has 3 aromatic rings. The van der Waals surface area contributed by atoms with Gasteiger partial charge in [-0.2, -0.15) is 0 Å². The van der Waals surface area contributed by atoms with Crippen LogP contribution in [0, 0.1) is 6.92 Å². The lowest BCUT2D eigenvalue weighted by Gasteiger charge is -2.16. The van der Waals surface area contributed by atoms with Crippen LogP contribution in [0.25, 0.3) is 11.0 Å². The molecule has 1 N–H and O–H groups in total. The zero-order chi connectivity index (χ0) is 17.8. The van der Waals surface area contributed by atoms with E-state index < -0.39 is 0 Å². The van der Waals surface area contributed by atoms with Crippen molar-refractivity contribution in [2.75, 3.05) is 0 Å². The molecule has 4 nitrogen and oxygen atoms in total. The predicted octanol–water partition coefficient (Wildman–Crippen LogP) is 4.64. The molecule has 0 bridgehead atoms. The second-order valence-corrected chi connectivity index (χ2v) is 6.53. The summed E-state index contributed by atoms with van der Waals surface area (Å²) in [5.74, 6) is 0.844. The summed E-state index contributed by atoms with van der Waals surface area (Å²) in [5.41, 5.74) is 3.92. The Morgan fingerprint density at radius 1 is 1.16 bits per heavy atom. The van der Waals surface area contributed by atoms with E-state index in [1.54, 1.807) is 0 Å². The van der Waals surface area contributed by atoms with Crippen molar-refractivity contribution in [1.82, 2.24) is 14.9 Å². The SMILES string of the molecule is CCCCn1c(C(C)NC(=O)c2ccc(C)cc2)nc2ccccc21. The first-order valence-corrected chi connectivity index (χ1v) is 8.93. The first-order valence-electron chi connectivity index (χ1n) is 8.93. The molecule has 0 spiro atoms. The number of unbranched alkanes of at least 4 members (excludes halogenated alkanes) is 1. The lowest BCUT2D eigenvalue weighted by molar-refractivity contribution is 0.0937. The molecule has 3 rings (SSSR count). The van der Waals surface area contributed by atoms with Gasteiger partial charge >= 0.3 is 0 Å². The van der Waals surface area contributed by atoms with E-state index in [-0.39, 0.29) is 11.9 Å². The molecule has 0 saturated heterocycles. The van der Waals surface area contributed by atoms with Gasteiger partial charge in [0.25, 0.3) is 5.91 Å². The highest BCUT2D eigenvalue weighted by Gasteiger charge is 2.18. The summed E-state index contributed by atoms with van der Waals surface area (Å²) in [4.78, 5) is 17.3. The highest BCUT2D eigenvalue weighted by molar-refractivity contribution is 5.94. The fourth-order valence-electron chi connectivity index (χ4n) is 3.03. The third-order valence-electron chi connectivity index (χ3n) is 4.47. The van der Waals surface area contributed by atoms with Crippen molar-refractivity contribution in [3.8, 4) is 0 Å². The van der Waals surface area contributed by atoms with Gasteiger partial charge in [-0.3, -0.25) is 4.79 Å². The van der Waals surface area contributed by atoms with E-state index in [0.29, 0.717) is 5.56 Å². The number of nitrogens with one attached hydrogen (secondary N) is 1. The summed E-state index contributed by atoms with van der Waals surface area (Å²) >= 11 is 0. The number of fused-ring (bicyclic) bond motifs is 1. The van der Waals surface area contributed by atoms with Gasteiger partial charge in [0.05, 0.1) is 17.1 Å². The Kier molecular flexibility index (Phi) is 5.17. The minimum atomic E-state index is -0.155. The number of amides is 1. The molecule has 1 aromatic heterocycles.